The van der Waals surface area contributed by atoms with Crippen LogP contribution in [0.1, 0.15) is 38.5 Å². The first kappa shape index (κ1) is 13.1. The molecule has 2 saturated carbocycles. The van der Waals surface area contributed by atoms with Gasteiger partial charge in [-0.05, 0) is 43.9 Å². The van der Waals surface area contributed by atoms with Crippen molar-refractivity contribution in [3.63, 3.8) is 0 Å². The third-order valence-electron chi connectivity index (χ3n) is 3.56. The number of ether oxygens (including phenoxy) is 1. The molecule has 0 amide bonds. The summed E-state index contributed by atoms with van der Waals surface area (Å²) < 4.78 is 40.0. The summed E-state index contributed by atoms with van der Waals surface area (Å²) in [6.07, 6.45) is 2.53. The first-order chi connectivity index (χ1) is 7.99. The highest BCUT2D eigenvalue weighted by Crippen LogP contribution is 2.49. The zero-order valence-electron chi connectivity index (χ0n) is 9.98. The Morgan fingerprint density at radius 1 is 1.24 bits per heavy atom. The van der Waals surface area contributed by atoms with Crippen LogP contribution in [-0.2, 0) is 4.74 Å². The summed E-state index contributed by atoms with van der Waals surface area (Å²) in [7, 11) is 0. The van der Waals surface area contributed by atoms with E-state index in [1.54, 1.807) is 0 Å². The minimum atomic E-state index is -4.19. The maximum atomic E-state index is 11.8. The smallest absolute Gasteiger partial charge is 0.372 e. The lowest BCUT2D eigenvalue weighted by atomic mass is 10.0. The molecule has 0 heterocycles. The Bertz CT molecular complexity index is 247. The fourth-order valence-corrected chi connectivity index (χ4v) is 2.08. The number of alkyl halides is 3. The normalized spacial score (nSPS) is 22.8. The van der Waals surface area contributed by atoms with E-state index in [-0.39, 0.29) is 6.61 Å². The van der Waals surface area contributed by atoms with E-state index in [1.165, 1.54) is 25.7 Å². The van der Waals surface area contributed by atoms with Gasteiger partial charge in [-0.15, -0.1) is 0 Å². The van der Waals surface area contributed by atoms with E-state index in [9.17, 15) is 13.2 Å². The van der Waals surface area contributed by atoms with E-state index < -0.39 is 12.8 Å². The Balaban J connectivity index is 1.49. The van der Waals surface area contributed by atoms with Crippen molar-refractivity contribution in [2.75, 3.05) is 19.8 Å². The molecular formula is C12H20F3NO. The third kappa shape index (κ3) is 5.25. The number of halogens is 3. The minimum Gasteiger partial charge on any atom is -0.372 e. The lowest BCUT2D eigenvalue weighted by molar-refractivity contribution is -0.174. The highest BCUT2D eigenvalue weighted by molar-refractivity contribution is 4.96. The molecular weight excluding hydrogens is 231 g/mol. The zero-order valence-corrected chi connectivity index (χ0v) is 9.98. The molecule has 100 valence electrons. The van der Waals surface area contributed by atoms with E-state index in [0.717, 1.165) is 19.4 Å². The van der Waals surface area contributed by atoms with Crippen LogP contribution in [0.2, 0.25) is 0 Å². The van der Waals surface area contributed by atoms with Gasteiger partial charge in [-0.25, -0.2) is 0 Å². The van der Waals surface area contributed by atoms with E-state index >= 15 is 0 Å². The van der Waals surface area contributed by atoms with Gasteiger partial charge in [0, 0.05) is 19.2 Å². The summed E-state index contributed by atoms with van der Waals surface area (Å²) in [5.41, 5.74) is 0.379. The minimum absolute atomic E-state index is 0.227. The molecule has 0 radical (unpaired) electrons. The van der Waals surface area contributed by atoms with Gasteiger partial charge in [0.1, 0.15) is 6.61 Å². The second-order valence-electron chi connectivity index (χ2n) is 5.43. The quantitative estimate of drug-likeness (QED) is 0.670. The van der Waals surface area contributed by atoms with Crippen LogP contribution in [0, 0.1) is 5.41 Å². The highest BCUT2D eigenvalue weighted by Gasteiger charge is 2.42. The molecule has 2 fully saturated rings. The van der Waals surface area contributed by atoms with Crippen LogP contribution in [-0.4, -0.2) is 32.0 Å². The zero-order chi connectivity index (χ0) is 12.4. The lowest BCUT2D eigenvalue weighted by Crippen LogP contribution is -2.26. The first-order valence-electron chi connectivity index (χ1n) is 6.37. The van der Waals surface area contributed by atoms with Crippen molar-refractivity contribution < 1.29 is 17.9 Å². The largest absolute Gasteiger partial charge is 0.411 e. The maximum absolute atomic E-state index is 11.8. The van der Waals surface area contributed by atoms with Crippen LogP contribution < -0.4 is 5.32 Å². The number of hydrogen-bond acceptors (Lipinski definition) is 2. The molecule has 0 bridgehead atoms. The summed E-state index contributed by atoms with van der Waals surface area (Å²) in [5.74, 6) is 0. The Hall–Kier alpha value is -0.290. The average Bonchev–Trinajstić information content (AvgIpc) is 3.10. The van der Waals surface area contributed by atoms with Crippen LogP contribution >= 0.6 is 0 Å². The molecule has 2 nitrogen and oxygen atoms in total. The number of rotatable bonds is 8. The molecule has 0 aromatic rings. The molecule has 2 aliphatic carbocycles. The summed E-state index contributed by atoms with van der Waals surface area (Å²) in [6, 6.07) is 0.717. The molecule has 2 rings (SSSR count). The fourth-order valence-electron chi connectivity index (χ4n) is 2.08. The van der Waals surface area contributed by atoms with E-state index in [4.69, 9.17) is 0 Å². The standard InChI is InChI=1S/C12H20F3NO/c13-12(14,15)9-17-7-1-4-11(5-6-11)8-16-10-2-3-10/h10,16H,1-9H2. The van der Waals surface area contributed by atoms with E-state index in [1.807, 2.05) is 0 Å². The predicted octanol–water partition coefficient (Wildman–Crippen LogP) is 2.88. The maximum Gasteiger partial charge on any atom is 0.411 e. The van der Waals surface area contributed by atoms with Crippen LogP contribution in [0.15, 0.2) is 0 Å². The Morgan fingerprint density at radius 3 is 2.47 bits per heavy atom. The van der Waals surface area contributed by atoms with Gasteiger partial charge in [0.2, 0.25) is 0 Å². The van der Waals surface area contributed by atoms with E-state index in [2.05, 4.69) is 10.1 Å². The van der Waals surface area contributed by atoms with Gasteiger partial charge in [0.05, 0.1) is 0 Å². The fraction of sp³-hybridized carbons (Fsp3) is 1.00. The van der Waals surface area contributed by atoms with Crippen molar-refractivity contribution in [2.24, 2.45) is 5.41 Å². The second-order valence-corrected chi connectivity index (χ2v) is 5.43. The molecule has 0 aliphatic heterocycles. The van der Waals surface area contributed by atoms with Crippen molar-refractivity contribution in [1.82, 2.24) is 5.32 Å². The van der Waals surface area contributed by atoms with Gasteiger partial charge in [-0.1, -0.05) is 0 Å². The molecule has 0 aromatic heterocycles. The van der Waals surface area contributed by atoms with Crippen LogP contribution in [0.3, 0.4) is 0 Å². The number of hydrogen-bond donors (Lipinski definition) is 1. The van der Waals surface area contributed by atoms with Crippen molar-refractivity contribution >= 4 is 0 Å². The second kappa shape index (κ2) is 5.14. The van der Waals surface area contributed by atoms with Crippen molar-refractivity contribution in [3.8, 4) is 0 Å². The monoisotopic (exact) mass is 251 g/mol. The summed E-state index contributed by atoms with van der Waals surface area (Å²) in [5, 5.41) is 3.50. The molecule has 0 atom stereocenters. The van der Waals surface area contributed by atoms with E-state index in [0.29, 0.717) is 11.5 Å². The molecule has 17 heavy (non-hydrogen) atoms. The van der Waals surface area contributed by atoms with Crippen molar-refractivity contribution in [3.05, 3.63) is 0 Å². The first-order valence-corrected chi connectivity index (χ1v) is 6.37. The summed E-state index contributed by atoms with van der Waals surface area (Å²) >= 11 is 0. The third-order valence-corrected chi connectivity index (χ3v) is 3.56. The molecule has 2 aliphatic rings. The molecule has 1 N–H and O–H groups in total. The van der Waals surface area contributed by atoms with Crippen molar-refractivity contribution in [1.29, 1.82) is 0 Å². The van der Waals surface area contributed by atoms with Crippen LogP contribution in [0.25, 0.3) is 0 Å². The number of nitrogens with one attached hydrogen (secondary N) is 1. The predicted molar refractivity (Wildman–Crippen MR) is 58.8 cm³/mol. The Kier molecular flexibility index (Phi) is 3.98. The van der Waals surface area contributed by atoms with Crippen LogP contribution in [0.4, 0.5) is 13.2 Å². The Morgan fingerprint density at radius 2 is 1.94 bits per heavy atom. The van der Waals surface area contributed by atoms with Gasteiger partial charge >= 0.3 is 6.18 Å². The highest BCUT2D eigenvalue weighted by atomic mass is 19.4. The molecule has 0 saturated heterocycles. The van der Waals surface area contributed by atoms with Gasteiger partial charge in [0.15, 0.2) is 0 Å². The van der Waals surface area contributed by atoms with Crippen LogP contribution in [0.5, 0.6) is 0 Å². The summed E-state index contributed by atoms with van der Waals surface area (Å²) in [4.78, 5) is 0. The summed E-state index contributed by atoms with van der Waals surface area (Å²) in [6.45, 7) is 0.155. The van der Waals surface area contributed by atoms with Gasteiger partial charge < -0.3 is 10.1 Å². The molecule has 0 aromatic carbocycles. The molecule has 0 spiro atoms. The van der Waals surface area contributed by atoms with Gasteiger partial charge in [0.25, 0.3) is 0 Å². The average molecular weight is 251 g/mol. The molecule has 5 heteroatoms. The van der Waals surface area contributed by atoms with Gasteiger partial charge in [-0.2, -0.15) is 13.2 Å². The van der Waals surface area contributed by atoms with Gasteiger partial charge in [-0.3, -0.25) is 0 Å². The lowest BCUT2D eigenvalue weighted by Gasteiger charge is -2.16. The molecule has 0 unspecified atom stereocenters. The topological polar surface area (TPSA) is 21.3 Å². The SMILES string of the molecule is FC(F)(F)COCCCC1(CNC2CC2)CC1. The van der Waals surface area contributed by atoms with Crippen molar-refractivity contribution in [2.45, 2.75) is 50.7 Å². The Labute approximate surface area is 99.9 Å².